The van der Waals surface area contributed by atoms with Crippen molar-refractivity contribution < 1.29 is 20.1 Å². The second kappa shape index (κ2) is 6.49. The molecule has 0 heterocycles. The van der Waals surface area contributed by atoms with E-state index >= 15 is 0 Å². The summed E-state index contributed by atoms with van der Waals surface area (Å²) in [6, 6.07) is 0. The number of methoxy groups -OCH3 is 1. The highest BCUT2D eigenvalue weighted by Crippen LogP contribution is 2.55. The van der Waals surface area contributed by atoms with E-state index in [1.165, 1.54) is 11.1 Å². The van der Waals surface area contributed by atoms with Gasteiger partial charge in [0.25, 0.3) is 0 Å². The van der Waals surface area contributed by atoms with Gasteiger partial charge in [-0.2, -0.15) is 0 Å². The minimum Gasteiger partial charge on any atom is -0.392 e. The SMILES string of the molecule is COC[C@@]1(O)CC[C@@H]2C1=C[C@]1(C)C(=C(C(C)C)C[C@@H]1O)C[C@H](O)[C@@H]2C. The molecule has 0 saturated heterocycles. The Labute approximate surface area is 151 Å². The first-order valence-corrected chi connectivity index (χ1v) is 9.67. The topological polar surface area (TPSA) is 69.9 Å². The average Bonchev–Trinajstić information content (AvgIpc) is 2.96. The van der Waals surface area contributed by atoms with Crippen LogP contribution >= 0.6 is 0 Å². The lowest BCUT2D eigenvalue weighted by Crippen LogP contribution is -2.40. The number of rotatable bonds is 3. The zero-order valence-electron chi connectivity index (χ0n) is 16.2. The summed E-state index contributed by atoms with van der Waals surface area (Å²) >= 11 is 0. The second-order valence-corrected chi connectivity index (χ2v) is 9.00. The summed E-state index contributed by atoms with van der Waals surface area (Å²) in [4.78, 5) is 0. The second-order valence-electron chi connectivity index (χ2n) is 9.00. The summed E-state index contributed by atoms with van der Waals surface area (Å²) in [6.07, 6.45) is 3.96. The molecule has 3 N–H and O–H groups in total. The van der Waals surface area contributed by atoms with Crippen molar-refractivity contribution in [1.82, 2.24) is 0 Å². The monoisotopic (exact) mass is 350 g/mol. The maximum atomic E-state index is 11.2. The van der Waals surface area contributed by atoms with E-state index in [1.54, 1.807) is 7.11 Å². The zero-order chi connectivity index (χ0) is 18.6. The van der Waals surface area contributed by atoms with Gasteiger partial charge in [-0.15, -0.1) is 0 Å². The third-order valence-corrected chi connectivity index (χ3v) is 7.14. The summed E-state index contributed by atoms with van der Waals surface area (Å²) in [6.45, 7) is 8.73. The van der Waals surface area contributed by atoms with Crippen molar-refractivity contribution in [2.45, 2.75) is 71.2 Å². The van der Waals surface area contributed by atoms with Gasteiger partial charge in [-0.05, 0) is 55.9 Å². The number of aliphatic hydroxyl groups excluding tert-OH is 2. The molecule has 3 rings (SSSR count). The Balaban J connectivity index is 2.17. The average molecular weight is 350 g/mol. The van der Waals surface area contributed by atoms with E-state index in [1.807, 2.05) is 0 Å². The molecule has 1 saturated carbocycles. The number of ether oxygens (including phenoxy) is 1. The molecule has 0 amide bonds. The minimum atomic E-state index is -0.987. The number of fused-ring (bicyclic) bond motifs is 2. The van der Waals surface area contributed by atoms with Gasteiger partial charge in [0.15, 0.2) is 0 Å². The van der Waals surface area contributed by atoms with Crippen LogP contribution in [0.25, 0.3) is 0 Å². The minimum absolute atomic E-state index is 0.0836. The largest absolute Gasteiger partial charge is 0.392 e. The van der Waals surface area contributed by atoms with Gasteiger partial charge in [-0.25, -0.2) is 0 Å². The van der Waals surface area contributed by atoms with E-state index in [4.69, 9.17) is 4.74 Å². The van der Waals surface area contributed by atoms with Crippen LogP contribution in [-0.2, 0) is 4.74 Å². The van der Waals surface area contributed by atoms with Crippen molar-refractivity contribution >= 4 is 0 Å². The van der Waals surface area contributed by atoms with Crippen LogP contribution in [0.5, 0.6) is 0 Å². The van der Waals surface area contributed by atoms with Crippen molar-refractivity contribution in [2.24, 2.45) is 23.2 Å². The first-order chi connectivity index (χ1) is 11.6. The van der Waals surface area contributed by atoms with E-state index in [0.29, 0.717) is 25.2 Å². The Morgan fingerprint density at radius 3 is 2.56 bits per heavy atom. The molecule has 3 aliphatic carbocycles. The summed E-state index contributed by atoms with van der Waals surface area (Å²) in [5.74, 6) is 0.577. The molecule has 0 aromatic carbocycles. The van der Waals surface area contributed by atoms with Gasteiger partial charge in [-0.1, -0.05) is 38.0 Å². The fourth-order valence-electron chi connectivity index (χ4n) is 5.42. The molecule has 0 aromatic heterocycles. The van der Waals surface area contributed by atoms with Crippen LogP contribution in [0, 0.1) is 23.2 Å². The van der Waals surface area contributed by atoms with Gasteiger partial charge >= 0.3 is 0 Å². The molecule has 25 heavy (non-hydrogen) atoms. The maximum Gasteiger partial charge on any atom is 0.109 e. The highest BCUT2D eigenvalue weighted by atomic mass is 16.5. The quantitative estimate of drug-likeness (QED) is 0.685. The number of hydrogen-bond donors (Lipinski definition) is 3. The highest BCUT2D eigenvalue weighted by Gasteiger charge is 2.52. The Kier molecular flexibility index (Phi) is 4.95. The van der Waals surface area contributed by atoms with Gasteiger partial charge in [0.2, 0.25) is 0 Å². The fraction of sp³-hybridized carbons (Fsp3) is 0.810. The molecule has 4 heteroatoms. The molecular formula is C21H34O4. The van der Waals surface area contributed by atoms with Crippen molar-refractivity contribution in [1.29, 1.82) is 0 Å². The third kappa shape index (κ3) is 2.91. The van der Waals surface area contributed by atoms with Crippen LogP contribution in [0.3, 0.4) is 0 Å². The molecule has 4 nitrogen and oxygen atoms in total. The zero-order valence-corrected chi connectivity index (χ0v) is 16.2. The molecule has 142 valence electrons. The Hall–Kier alpha value is -0.680. The Bertz CT molecular complexity index is 593. The molecule has 6 atom stereocenters. The maximum absolute atomic E-state index is 11.2. The molecule has 0 aromatic rings. The van der Waals surface area contributed by atoms with Gasteiger partial charge in [0, 0.05) is 12.5 Å². The van der Waals surface area contributed by atoms with Crippen LogP contribution in [0.1, 0.15) is 53.4 Å². The number of aliphatic hydroxyl groups is 3. The van der Waals surface area contributed by atoms with Crippen molar-refractivity contribution in [2.75, 3.05) is 13.7 Å². The molecule has 0 radical (unpaired) electrons. The van der Waals surface area contributed by atoms with Crippen molar-refractivity contribution in [3.63, 3.8) is 0 Å². The third-order valence-electron chi connectivity index (χ3n) is 7.14. The summed E-state index contributed by atoms with van der Waals surface area (Å²) in [5, 5.41) is 33.1. The molecular weight excluding hydrogens is 316 g/mol. The van der Waals surface area contributed by atoms with E-state index in [0.717, 1.165) is 12.0 Å². The lowest BCUT2D eigenvalue weighted by atomic mass is 9.68. The normalized spacial score (nSPS) is 44.4. The molecule has 0 unspecified atom stereocenters. The van der Waals surface area contributed by atoms with Crippen LogP contribution < -0.4 is 0 Å². The van der Waals surface area contributed by atoms with Crippen LogP contribution in [0.4, 0.5) is 0 Å². The van der Waals surface area contributed by atoms with Gasteiger partial charge in [0.05, 0.1) is 18.8 Å². The molecule has 3 aliphatic rings. The van der Waals surface area contributed by atoms with Crippen LogP contribution in [-0.4, -0.2) is 46.8 Å². The first-order valence-electron chi connectivity index (χ1n) is 9.67. The predicted octanol–water partition coefficient (Wildman–Crippen LogP) is 2.82. The first kappa shape index (κ1) is 19.1. The van der Waals surface area contributed by atoms with Crippen LogP contribution in [0.2, 0.25) is 0 Å². The van der Waals surface area contributed by atoms with E-state index < -0.39 is 23.2 Å². The highest BCUT2D eigenvalue weighted by molar-refractivity contribution is 5.42. The predicted molar refractivity (Wildman–Crippen MR) is 98.0 cm³/mol. The van der Waals surface area contributed by atoms with Gasteiger partial charge < -0.3 is 20.1 Å². The van der Waals surface area contributed by atoms with Gasteiger partial charge in [0.1, 0.15) is 5.60 Å². The standard InChI is InChI=1S/C21H34O4/c1-12(2)15-8-19(23)20(4)10-17-14(6-7-21(17,24)11-25-5)13(3)18(22)9-16(15)20/h10,12-14,18-19,22-24H,6-9,11H2,1-5H3/t13-,14+,18+,19+,20-,21+/m1/s1. The molecule has 0 spiro atoms. The van der Waals surface area contributed by atoms with Crippen molar-refractivity contribution in [3.05, 3.63) is 22.8 Å². The summed E-state index contributed by atoms with van der Waals surface area (Å²) in [5.41, 5.74) is 1.90. The van der Waals surface area contributed by atoms with Crippen LogP contribution in [0.15, 0.2) is 22.8 Å². The Morgan fingerprint density at radius 1 is 1.28 bits per heavy atom. The van der Waals surface area contributed by atoms with E-state index in [2.05, 4.69) is 33.8 Å². The van der Waals surface area contributed by atoms with E-state index in [-0.39, 0.29) is 18.4 Å². The lowest BCUT2D eigenvalue weighted by molar-refractivity contribution is -0.00253. The van der Waals surface area contributed by atoms with E-state index in [9.17, 15) is 15.3 Å². The molecule has 0 aliphatic heterocycles. The van der Waals surface area contributed by atoms with Gasteiger partial charge in [-0.3, -0.25) is 0 Å². The smallest absolute Gasteiger partial charge is 0.109 e. The fourth-order valence-corrected chi connectivity index (χ4v) is 5.42. The molecule has 1 fully saturated rings. The number of hydrogen-bond acceptors (Lipinski definition) is 4. The Morgan fingerprint density at radius 2 is 1.96 bits per heavy atom. The molecule has 0 bridgehead atoms. The summed E-state index contributed by atoms with van der Waals surface area (Å²) in [7, 11) is 1.61. The van der Waals surface area contributed by atoms with Crippen molar-refractivity contribution in [3.8, 4) is 0 Å². The lowest BCUT2D eigenvalue weighted by Gasteiger charge is -2.39. The summed E-state index contributed by atoms with van der Waals surface area (Å²) < 4.78 is 5.31.